The van der Waals surface area contributed by atoms with Gasteiger partial charge in [0.1, 0.15) is 5.82 Å². The Kier molecular flexibility index (Phi) is 4.68. The molecule has 0 aliphatic rings. The van der Waals surface area contributed by atoms with Crippen LogP contribution in [0.5, 0.6) is 0 Å². The van der Waals surface area contributed by atoms with E-state index in [2.05, 4.69) is 14.8 Å². The minimum Gasteiger partial charge on any atom is -0.237 e. The van der Waals surface area contributed by atoms with Crippen LogP contribution in [0.3, 0.4) is 0 Å². The number of benzene rings is 1. The number of halogens is 1. The van der Waals surface area contributed by atoms with Crippen molar-refractivity contribution in [2.24, 2.45) is 0 Å². The van der Waals surface area contributed by atoms with Crippen LogP contribution in [-0.2, 0) is 22.3 Å². The van der Waals surface area contributed by atoms with E-state index in [1.807, 2.05) is 0 Å². The van der Waals surface area contributed by atoms with Gasteiger partial charge in [-0.15, -0.1) is 0 Å². The van der Waals surface area contributed by atoms with E-state index in [1.165, 1.54) is 18.2 Å². The molecule has 0 saturated carbocycles. The fraction of sp³-hybridized carbons (Fsp3) is 0.125. The van der Waals surface area contributed by atoms with E-state index in [0.717, 1.165) is 0 Å². The molecule has 8 heteroatoms. The van der Waals surface area contributed by atoms with Gasteiger partial charge in [-0.1, -0.05) is 24.3 Å². The zero-order chi connectivity index (χ0) is 17.0. The van der Waals surface area contributed by atoms with Crippen molar-refractivity contribution in [3.63, 3.8) is 0 Å². The molecular formula is C16H15FN4O2S. The molecule has 3 aromatic rings. The number of sulfonamides is 1. The van der Waals surface area contributed by atoms with Crippen LogP contribution in [0.1, 0.15) is 11.1 Å². The molecule has 0 aliphatic heterocycles. The lowest BCUT2D eigenvalue weighted by atomic mass is 10.2. The van der Waals surface area contributed by atoms with Crippen molar-refractivity contribution in [1.29, 1.82) is 0 Å². The van der Waals surface area contributed by atoms with E-state index in [1.54, 1.807) is 47.5 Å². The Morgan fingerprint density at radius 2 is 1.96 bits per heavy atom. The number of aromatic nitrogens is 3. The van der Waals surface area contributed by atoms with Crippen molar-refractivity contribution in [1.82, 2.24) is 19.5 Å². The summed E-state index contributed by atoms with van der Waals surface area (Å²) in [5.41, 5.74) is 0.833. The topological polar surface area (TPSA) is 76.9 Å². The van der Waals surface area contributed by atoms with Crippen LogP contribution in [-0.4, -0.2) is 23.2 Å². The maximum Gasteiger partial charge on any atom is 0.216 e. The van der Waals surface area contributed by atoms with Crippen LogP contribution in [0.2, 0.25) is 0 Å². The van der Waals surface area contributed by atoms with Crippen LogP contribution in [0, 0.1) is 5.82 Å². The third-order valence-corrected chi connectivity index (χ3v) is 4.62. The quantitative estimate of drug-likeness (QED) is 0.741. The highest BCUT2D eigenvalue weighted by Crippen LogP contribution is 2.11. The first kappa shape index (κ1) is 16.3. The van der Waals surface area contributed by atoms with Crippen LogP contribution in [0.25, 0.3) is 5.82 Å². The summed E-state index contributed by atoms with van der Waals surface area (Å²) in [5.74, 6) is -0.301. The maximum absolute atomic E-state index is 13.6. The molecule has 1 N–H and O–H groups in total. The summed E-state index contributed by atoms with van der Waals surface area (Å²) >= 11 is 0. The predicted molar refractivity (Wildman–Crippen MR) is 87.2 cm³/mol. The zero-order valence-electron chi connectivity index (χ0n) is 12.6. The van der Waals surface area contributed by atoms with Crippen LogP contribution in [0.15, 0.2) is 61.1 Å². The molecule has 0 amide bonds. The summed E-state index contributed by atoms with van der Waals surface area (Å²) in [6.07, 6.45) is 4.98. The minimum atomic E-state index is -3.64. The molecule has 1 aromatic carbocycles. The molecule has 0 atom stereocenters. The first-order chi connectivity index (χ1) is 11.5. The molecule has 3 rings (SSSR count). The number of nitrogens with one attached hydrogen (secondary N) is 1. The van der Waals surface area contributed by atoms with E-state index in [4.69, 9.17) is 0 Å². The van der Waals surface area contributed by atoms with Crippen molar-refractivity contribution < 1.29 is 12.8 Å². The molecule has 2 heterocycles. The Hall–Kier alpha value is -2.58. The molecular weight excluding hydrogens is 331 g/mol. The third-order valence-electron chi connectivity index (χ3n) is 3.35. The second-order valence-electron chi connectivity index (χ2n) is 5.15. The van der Waals surface area contributed by atoms with Gasteiger partial charge in [0, 0.05) is 30.7 Å². The van der Waals surface area contributed by atoms with E-state index in [-0.39, 0.29) is 12.1 Å². The molecule has 0 fully saturated rings. The van der Waals surface area contributed by atoms with Gasteiger partial charge in [-0.3, -0.25) is 0 Å². The average molecular weight is 346 g/mol. The number of hydrogen-bond acceptors (Lipinski definition) is 4. The van der Waals surface area contributed by atoms with Gasteiger partial charge in [0.25, 0.3) is 0 Å². The van der Waals surface area contributed by atoms with E-state index in [9.17, 15) is 12.8 Å². The van der Waals surface area contributed by atoms with Gasteiger partial charge in [0.15, 0.2) is 5.82 Å². The molecule has 0 bridgehead atoms. The number of pyridine rings is 1. The normalized spacial score (nSPS) is 11.5. The molecule has 124 valence electrons. The van der Waals surface area contributed by atoms with Crippen molar-refractivity contribution in [3.05, 3.63) is 78.0 Å². The lowest BCUT2D eigenvalue weighted by Gasteiger charge is -2.08. The fourth-order valence-electron chi connectivity index (χ4n) is 2.13. The van der Waals surface area contributed by atoms with Gasteiger partial charge in [0.05, 0.1) is 5.75 Å². The molecule has 0 aliphatic carbocycles. The van der Waals surface area contributed by atoms with Crippen molar-refractivity contribution in [3.8, 4) is 5.82 Å². The van der Waals surface area contributed by atoms with E-state index >= 15 is 0 Å². The molecule has 24 heavy (non-hydrogen) atoms. The first-order valence-corrected chi connectivity index (χ1v) is 8.84. The molecule has 0 spiro atoms. The molecule has 0 unspecified atom stereocenters. The Balaban J connectivity index is 1.63. The third kappa shape index (κ3) is 4.03. The van der Waals surface area contributed by atoms with Crippen LogP contribution < -0.4 is 4.72 Å². The van der Waals surface area contributed by atoms with Crippen LogP contribution in [0.4, 0.5) is 4.39 Å². The zero-order valence-corrected chi connectivity index (χ0v) is 13.4. The second-order valence-corrected chi connectivity index (χ2v) is 6.95. The number of nitrogens with zero attached hydrogens (tertiary/aromatic N) is 3. The highest BCUT2D eigenvalue weighted by Gasteiger charge is 2.14. The van der Waals surface area contributed by atoms with Gasteiger partial charge in [-0.25, -0.2) is 27.2 Å². The minimum absolute atomic E-state index is 0.0865. The summed E-state index contributed by atoms with van der Waals surface area (Å²) in [5, 5.41) is 4.06. The molecule has 0 radical (unpaired) electrons. The first-order valence-electron chi connectivity index (χ1n) is 7.19. The lowest BCUT2D eigenvalue weighted by molar-refractivity contribution is 0.574. The molecule has 2 aromatic heterocycles. The summed E-state index contributed by atoms with van der Waals surface area (Å²) in [4.78, 5) is 4.23. The van der Waals surface area contributed by atoms with Crippen LogP contribution >= 0.6 is 0 Å². The number of hydrogen-bond donors (Lipinski definition) is 1. The van der Waals surface area contributed by atoms with Crippen molar-refractivity contribution in [2.45, 2.75) is 12.3 Å². The monoisotopic (exact) mass is 346 g/mol. The molecule has 6 nitrogen and oxygen atoms in total. The largest absolute Gasteiger partial charge is 0.237 e. The maximum atomic E-state index is 13.6. The average Bonchev–Trinajstić information content (AvgIpc) is 3.10. The predicted octanol–water partition coefficient (Wildman–Crippen LogP) is 2.03. The summed E-state index contributed by atoms with van der Waals surface area (Å²) in [6, 6.07) is 11.1. The Morgan fingerprint density at radius 1 is 1.12 bits per heavy atom. The smallest absolute Gasteiger partial charge is 0.216 e. The van der Waals surface area contributed by atoms with Crippen molar-refractivity contribution >= 4 is 10.0 Å². The summed E-state index contributed by atoms with van der Waals surface area (Å²) in [6.45, 7) is 0.0865. The second kappa shape index (κ2) is 6.90. The highest BCUT2D eigenvalue weighted by atomic mass is 32.2. The van der Waals surface area contributed by atoms with Crippen molar-refractivity contribution in [2.75, 3.05) is 0 Å². The lowest BCUT2D eigenvalue weighted by Crippen LogP contribution is -2.25. The fourth-order valence-corrected chi connectivity index (χ4v) is 3.26. The Morgan fingerprint density at radius 3 is 2.62 bits per heavy atom. The standard InChI is InChI=1S/C16H15FN4O2S/c17-15-5-2-1-4-14(15)12-24(22,23)20-11-13-6-7-16(18-10-13)21-9-3-8-19-21/h1-10,20H,11-12H2. The van der Waals surface area contributed by atoms with E-state index in [0.29, 0.717) is 11.4 Å². The van der Waals surface area contributed by atoms with Gasteiger partial charge in [-0.2, -0.15) is 5.10 Å². The van der Waals surface area contributed by atoms with E-state index < -0.39 is 21.6 Å². The van der Waals surface area contributed by atoms with Gasteiger partial charge in [-0.05, 0) is 23.8 Å². The SMILES string of the molecule is O=S(=O)(Cc1ccccc1F)NCc1ccc(-n2cccn2)nc1. The Bertz CT molecular complexity index is 910. The molecule has 0 saturated heterocycles. The summed E-state index contributed by atoms with van der Waals surface area (Å²) < 4.78 is 41.7. The van der Waals surface area contributed by atoms with Gasteiger partial charge < -0.3 is 0 Å². The number of rotatable bonds is 6. The van der Waals surface area contributed by atoms with Gasteiger partial charge >= 0.3 is 0 Å². The van der Waals surface area contributed by atoms with Gasteiger partial charge in [0.2, 0.25) is 10.0 Å². The summed E-state index contributed by atoms with van der Waals surface area (Å²) in [7, 11) is -3.64. The highest BCUT2D eigenvalue weighted by molar-refractivity contribution is 7.88. The Labute approximate surface area is 139 Å².